The number of carbonyl (C=O) groups excluding carboxylic acids is 5. The SMILES string of the molecule is CN[C@H](C(=O)N[C@H](C(=O)N(C)[C@H](/C=C(\C)C(=O)NC(CCC(=O)OC)C(=O)OC)C(C)C)C(C)(C)C)C(C)(C)c1cccc(C(F)(F)F)c1. The number of methoxy groups -OCH3 is 2. The average molecular weight is 699 g/mol. The second-order valence-electron chi connectivity index (χ2n) is 14.0. The van der Waals surface area contributed by atoms with E-state index in [2.05, 4.69) is 20.7 Å². The molecule has 14 heteroatoms. The zero-order chi connectivity index (χ0) is 38.1. The highest BCUT2D eigenvalue weighted by molar-refractivity contribution is 5.96. The molecule has 0 saturated carbocycles. The molecule has 0 fully saturated rings. The molecule has 3 amide bonds. The second kappa shape index (κ2) is 17.6. The molecular formula is C35H53F3N4O7. The van der Waals surface area contributed by atoms with Crippen LogP contribution in [0.1, 0.15) is 79.4 Å². The highest BCUT2D eigenvalue weighted by Gasteiger charge is 2.42. The van der Waals surface area contributed by atoms with Crippen LogP contribution in [0.3, 0.4) is 0 Å². The van der Waals surface area contributed by atoms with Crippen molar-refractivity contribution in [2.75, 3.05) is 28.3 Å². The number of alkyl halides is 3. The third-order valence-electron chi connectivity index (χ3n) is 8.52. The van der Waals surface area contributed by atoms with E-state index >= 15 is 0 Å². The van der Waals surface area contributed by atoms with Crippen LogP contribution in [0.2, 0.25) is 0 Å². The lowest BCUT2D eigenvalue weighted by molar-refractivity contribution is -0.146. The molecule has 0 heterocycles. The van der Waals surface area contributed by atoms with Crippen LogP contribution in [-0.4, -0.2) is 87.0 Å². The Morgan fingerprint density at radius 2 is 1.49 bits per heavy atom. The molecule has 1 rings (SSSR count). The molecule has 1 aromatic rings. The summed E-state index contributed by atoms with van der Waals surface area (Å²) in [6, 6.07) is 0.967. The van der Waals surface area contributed by atoms with E-state index in [1.54, 1.807) is 47.7 Å². The Kier molecular flexibility index (Phi) is 15.5. The number of amides is 3. The first-order valence-corrected chi connectivity index (χ1v) is 16.0. The lowest BCUT2D eigenvalue weighted by atomic mass is 9.76. The van der Waals surface area contributed by atoms with Crippen molar-refractivity contribution in [1.82, 2.24) is 20.9 Å². The Hall–Kier alpha value is -3.94. The maximum Gasteiger partial charge on any atom is 0.416 e. The Morgan fingerprint density at radius 3 is 1.96 bits per heavy atom. The maximum absolute atomic E-state index is 14.1. The zero-order valence-electron chi connectivity index (χ0n) is 30.6. The number of nitrogens with one attached hydrogen (secondary N) is 3. The van der Waals surface area contributed by atoms with Gasteiger partial charge in [0.2, 0.25) is 17.7 Å². The predicted octanol–water partition coefficient (Wildman–Crippen LogP) is 4.14. The molecule has 11 nitrogen and oxygen atoms in total. The fourth-order valence-corrected chi connectivity index (χ4v) is 5.42. The summed E-state index contributed by atoms with van der Waals surface area (Å²) >= 11 is 0. The Morgan fingerprint density at radius 1 is 0.918 bits per heavy atom. The molecule has 49 heavy (non-hydrogen) atoms. The van der Waals surface area contributed by atoms with Crippen LogP contribution in [-0.2, 0) is 45.0 Å². The van der Waals surface area contributed by atoms with E-state index in [0.717, 1.165) is 19.2 Å². The van der Waals surface area contributed by atoms with Crippen molar-refractivity contribution < 1.29 is 46.6 Å². The average Bonchev–Trinajstić information content (AvgIpc) is 3.01. The summed E-state index contributed by atoms with van der Waals surface area (Å²) in [5.74, 6) is -3.15. The monoisotopic (exact) mass is 698 g/mol. The van der Waals surface area contributed by atoms with Gasteiger partial charge in [0.1, 0.15) is 12.1 Å². The summed E-state index contributed by atoms with van der Waals surface area (Å²) in [6.07, 6.45) is -3.15. The maximum atomic E-state index is 14.1. The molecule has 4 atom stereocenters. The molecule has 0 aliphatic heterocycles. The molecule has 0 aliphatic rings. The van der Waals surface area contributed by atoms with Gasteiger partial charge in [0.05, 0.1) is 31.9 Å². The summed E-state index contributed by atoms with van der Waals surface area (Å²) in [6.45, 7) is 13.8. The van der Waals surface area contributed by atoms with Gasteiger partial charge in [-0.2, -0.15) is 13.2 Å². The smallest absolute Gasteiger partial charge is 0.416 e. The first-order valence-electron chi connectivity index (χ1n) is 16.0. The van der Waals surface area contributed by atoms with Crippen molar-refractivity contribution in [3.63, 3.8) is 0 Å². The van der Waals surface area contributed by atoms with Gasteiger partial charge < -0.3 is 30.3 Å². The number of benzene rings is 1. The van der Waals surface area contributed by atoms with Crippen molar-refractivity contribution in [3.8, 4) is 0 Å². The molecular weight excluding hydrogens is 645 g/mol. The molecule has 0 spiro atoms. The highest BCUT2D eigenvalue weighted by Crippen LogP contribution is 2.34. The minimum Gasteiger partial charge on any atom is -0.469 e. The van der Waals surface area contributed by atoms with Crippen LogP contribution in [0.15, 0.2) is 35.9 Å². The van der Waals surface area contributed by atoms with E-state index in [1.165, 1.54) is 38.1 Å². The van der Waals surface area contributed by atoms with Crippen LogP contribution in [0.4, 0.5) is 13.2 Å². The summed E-state index contributed by atoms with van der Waals surface area (Å²) in [4.78, 5) is 66.4. The number of nitrogens with zero attached hydrogens (tertiary/aromatic N) is 1. The molecule has 0 aromatic heterocycles. The first kappa shape index (κ1) is 43.1. The van der Waals surface area contributed by atoms with Gasteiger partial charge in [0.15, 0.2) is 0 Å². The molecule has 0 saturated heterocycles. The van der Waals surface area contributed by atoms with Crippen LogP contribution in [0.25, 0.3) is 0 Å². The number of hydrogen-bond donors (Lipinski definition) is 3. The molecule has 1 aromatic carbocycles. The number of rotatable bonds is 15. The third kappa shape index (κ3) is 11.9. The molecule has 276 valence electrons. The first-order chi connectivity index (χ1) is 22.4. The lowest BCUT2D eigenvalue weighted by Gasteiger charge is -2.40. The van der Waals surface area contributed by atoms with Gasteiger partial charge in [-0.1, -0.05) is 72.7 Å². The zero-order valence-corrected chi connectivity index (χ0v) is 30.6. The molecule has 0 aliphatic carbocycles. The fourth-order valence-electron chi connectivity index (χ4n) is 5.42. The predicted molar refractivity (Wildman–Crippen MR) is 179 cm³/mol. The van der Waals surface area contributed by atoms with Crippen LogP contribution in [0, 0.1) is 11.3 Å². The van der Waals surface area contributed by atoms with Gasteiger partial charge >= 0.3 is 18.1 Å². The van der Waals surface area contributed by atoms with Crippen LogP contribution in [0.5, 0.6) is 0 Å². The van der Waals surface area contributed by atoms with Crippen molar-refractivity contribution in [2.24, 2.45) is 11.3 Å². The standard InChI is InChI=1S/C35H53F3N4O7/c1-20(2)25(18-21(3)29(44)40-24(32(47)49-12)16-17-26(43)48-11)42(10)31(46)28(33(4,5)6)41-30(45)27(39-9)34(7,8)22-14-13-15-23(19-22)35(36,37)38/h13-15,18-20,24-25,27-28,39H,16-17H2,1-12H3,(H,40,44)(H,41,45)/b21-18+/t24?,25-,27-,28-/m1/s1. The number of esters is 2. The van der Waals surface area contributed by atoms with Crippen molar-refractivity contribution in [1.29, 1.82) is 0 Å². The second-order valence-corrected chi connectivity index (χ2v) is 14.0. The van der Waals surface area contributed by atoms with E-state index in [4.69, 9.17) is 4.74 Å². The highest BCUT2D eigenvalue weighted by atomic mass is 19.4. The Bertz CT molecular complexity index is 1370. The summed E-state index contributed by atoms with van der Waals surface area (Å²) in [7, 11) is 5.44. The number of hydrogen-bond acceptors (Lipinski definition) is 8. The third-order valence-corrected chi connectivity index (χ3v) is 8.52. The van der Waals surface area contributed by atoms with Gasteiger partial charge in [0.25, 0.3) is 0 Å². The Balaban J connectivity index is 3.36. The number of ether oxygens (including phenoxy) is 2. The number of likely N-dealkylation sites (N-methyl/N-ethyl adjacent to an activating group) is 2. The molecule has 1 unspecified atom stereocenters. The molecule has 0 radical (unpaired) electrons. The van der Waals surface area contributed by atoms with E-state index in [9.17, 15) is 37.1 Å². The van der Waals surface area contributed by atoms with Crippen LogP contribution < -0.4 is 16.0 Å². The van der Waals surface area contributed by atoms with Gasteiger partial charge in [0, 0.05) is 24.5 Å². The Labute approximate surface area is 287 Å². The van der Waals surface area contributed by atoms with Crippen molar-refractivity contribution >= 4 is 29.7 Å². The van der Waals surface area contributed by atoms with E-state index < -0.39 is 76.4 Å². The van der Waals surface area contributed by atoms with Gasteiger partial charge in [-0.3, -0.25) is 19.2 Å². The minimum atomic E-state index is -4.56. The van der Waals surface area contributed by atoms with E-state index in [1.807, 2.05) is 13.8 Å². The topological polar surface area (TPSA) is 143 Å². The quantitative estimate of drug-likeness (QED) is 0.183. The van der Waals surface area contributed by atoms with E-state index in [-0.39, 0.29) is 29.9 Å². The fraction of sp³-hybridized carbons (Fsp3) is 0.629. The normalized spacial score (nSPS) is 15.1. The number of carbonyl (C=O) groups is 5. The summed E-state index contributed by atoms with van der Waals surface area (Å²) < 4.78 is 49.8. The van der Waals surface area contributed by atoms with Crippen LogP contribution >= 0.6 is 0 Å². The largest absolute Gasteiger partial charge is 0.469 e. The van der Waals surface area contributed by atoms with Gasteiger partial charge in [-0.05, 0) is 43.4 Å². The molecule has 0 bridgehead atoms. The summed E-state index contributed by atoms with van der Waals surface area (Å²) in [5, 5.41) is 8.34. The number of halogens is 3. The van der Waals surface area contributed by atoms with E-state index in [0.29, 0.717) is 0 Å². The van der Waals surface area contributed by atoms with Crippen molar-refractivity contribution in [3.05, 3.63) is 47.0 Å². The molecule has 3 N–H and O–H groups in total. The van der Waals surface area contributed by atoms with Gasteiger partial charge in [-0.15, -0.1) is 0 Å². The minimum absolute atomic E-state index is 0.0461. The summed E-state index contributed by atoms with van der Waals surface area (Å²) in [5.41, 5.74) is -2.28. The lowest BCUT2D eigenvalue weighted by Crippen LogP contribution is -2.61. The van der Waals surface area contributed by atoms with Crippen molar-refractivity contribution in [2.45, 2.75) is 104 Å². The van der Waals surface area contributed by atoms with Gasteiger partial charge in [-0.25, -0.2) is 4.79 Å².